The number of hydrogen-bond donors (Lipinski definition) is 1. The van der Waals surface area contributed by atoms with Crippen LogP contribution in [0.4, 0.5) is 0 Å². The molecule has 0 bridgehead atoms. The van der Waals surface area contributed by atoms with E-state index in [1.807, 2.05) is 0 Å². The molecule has 0 aromatic heterocycles. The van der Waals surface area contributed by atoms with Crippen LogP contribution in [-0.4, -0.2) is 54.6 Å². The Balaban J connectivity index is 2.24. The summed E-state index contributed by atoms with van der Waals surface area (Å²) in [5.41, 5.74) is 7.34. The third-order valence-corrected chi connectivity index (χ3v) is 5.58. The van der Waals surface area contributed by atoms with E-state index in [0.29, 0.717) is 16.9 Å². The lowest BCUT2D eigenvalue weighted by molar-refractivity contribution is -0.0681. The van der Waals surface area contributed by atoms with E-state index in [1.54, 1.807) is 0 Å². The largest absolute Gasteiger partial charge is 0.329 e. The maximum Gasteiger partial charge on any atom is 0.0343 e. The predicted molar refractivity (Wildman–Crippen MR) is 86.9 cm³/mol. The molecule has 118 valence electrons. The van der Waals surface area contributed by atoms with E-state index < -0.39 is 0 Å². The molecule has 20 heavy (non-hydrogen) atoms. The normalized spacial score (nSPS) is 34.0. The molecule has 3 nitrogen and oxygen atoms in total. The third kappa shape index (κ3) is 3.20. The van der Waals surface area contributed by atoms with Crippen molar-refractivity contribution in [1.82, 2.24) is 9.80 Å². The second-order valence-corrected chi connectivity index (χ2v) is 9.06. The number of piperazine rings is 1. The first-order chi connectivity index (χ1) is 9.09. The molecule has 1 aliphatic carbocycles. The Hall–Kier alpha value is -0.120. The van der Waals surface area contributed by atoms with Gasteiger partial charge < -0.3 is 10.6 Å². The highest BCUT2D eigenvalue weighted by Crippen LogP contribution is 2.52. The molecule has 0 amide bonds. The molecule has 0 spiro atoms. The molecule has 1 aliphatic heterocycles. The molecule has 2 rings (SSSR count). The fraction of sp³-hybridized carbons (Fsp3) is 1.00. The Kier molecular flexibility index (Phi) is 4.27. The number of nitrogens with two attached hydrogens (primary N) is 1. The minimum absolute atomic E-state index is 0.209. The van der Waals surface area contributed by atoms with E-state index in [0.717, 1.165) is 6.54 Å². The molecular formula is C17H35N3. The minimum Gasteiger partial charge on any atom is -0.329 e. The SMILES string of the molecule is CC1CN(C2(CN)CC(C)(C)CC(C)(C)C2)CCN1C. The van der Waals surface area contributed by atoms with E-state index in [9.17, 15) is 0 Å². The molecule has 1 unspecified atom stereocenters. The van der Waals surface area contributed by atoms with Gasteiger partial charge in [0.25, 0.3) is 0 Å². The molecule has 1 atom stereocenters. The molecule has 2 N–H and O–H groups in total. The molecule has 1 saturated carbocycles. The van der Waals surface area contributed by atoms with Gasteiger partial charge in [-0.25, -0.2) is 0 Å². The van der Waals surface area contributed by atoms with E-state index in [4.69, 9.17) is 5.73 Å². The van der Waals surface area contributed by atoms with Crippen molar-refractivity contribution in [3.8, 4) is 0 Å². The topological polar surface area (TPSA) is 32.5 Å². The van der Waals surface area contributed by atoms with Crippen LogP contribution >= 0.6 is 0 Å². The van der Waals surface area contributed by atoms with Crippen molar-refractivity contribution in [2.24, 2.45) is 16.6 Å². The first kappa shape index (κ1) is 16.3. The van der Waals surface area contributed by atoms with Gasteiger partial charge in [0.05, 0.1) is 0 Å². The summed E-state index contributed by atoms with van der Waals surface area (Å²) in [5.74, 6) is 0. The summed E-state index contributed by atoms with van der Waals surface area (Å²) in [7, 11) is 2.24. The molecule has 2 aliphatic rings. The van der Waals surface area contributed by atoms with Gasteiger partial charge in [0, 0.05) is 37.8 Å². The maximum atomic E-state index is 6.34. The van der Waals surface area contributed by atoms with Gasteiger partial charge >= 0.3 is 0 Å². The highest BCUT2D eigenvalue weighted by Gasteiger charge is 2.50. The zero-order chi connectivity index (χ0) is 15.2. The van der Waals surface area contributed by atoms with Crippen molar-refractivity contribution in [1.29, 1.82) is 0 Å². The zero-order valence-corrected chi connectivity index (χ0v) is 14.5. The molecular weight excluding hydrogens is 246 g/mol. The van der Waals surface area contributed by atoms with Crippen molar-refractivity contribution in [3.63, 3.8) is 0 Å². The first-order valence-corrected chi connectivity index (χ1v) is 8.25. The van der Waals surface area contributed by atoms with Gasteiger partial charge in [0.15, 0.2) is 0 Å². The van der Waals surface area contributed by atoms with E-state index in [1.165, 1.54) is 38.9 Å². The highest BCUT2D eigenvalue weighted by molar-refractivity contribution is 5.05. The van der Waals surface area contributed by atoms with Crippen molar-refractivity contribution in [3.05, 3.63) is 0 Å². The zero-order valence-electron chi connectivity index (χ0n) is 14.5. The monoisotopic (exact) mass is 281 g/mol. The number of nitrogens with zero attached hydrogens (tertiary/aromatic N) is 2. The predicted octanol–water partition coefficient (Wildman–Crippen LogP) is 2.56. The Morgan fingerprint density at radius 3 is 2.00 bits per heavy atom. The van der Waals surface area contributed by atoms with Gasteiger partial charge in [-0.1, -0.05) is 27.7 Å². The first-order valence-electron chi connectivity index (χ1n) is 8.25. The van der Waals surface area contributed by atoms with Crippen molar-refractivity contribution in [2.45, 2.75) is 65.5 Å². The summed E-state index contributed by atoms with van der Waals surface area (Å²) >= 11 is 0. The highest BCUT2D eigenvalue weighted by atomic mass is 15.3. The summed E-state index contributed by atoms with van der Waals surface area (Å²) in [6.45, 7) is 16.4. The second kappa shape index (κ2) is 5.26. The second-order valence-electron chi connectivity index (χ2n) is 9.06. The van der Waals surface area contributed by atoms with Crippen LogP contribution < -0.4 is 5.73 Å². The van der Waals surface area contributed by atoms with Crippen LogP contribution in [-0.2, 0) is 0 Å². The smallest absolute Gasteiger partial charge is 0.0343 e. The summed E-state index contributed by atoms with van der Waals surface area (Å²) in [5, 5.41) is 0. The van der Waals surface area contributed by atoms with Crippen LogP contribution in [0.5, 0.6) is 0 Å². The van der Waals surface area contributed by atoms with Gasteiger partial charge in [-0.15, -0.1) is 0 Å². The lowest BCUT2D eigenvalue weighted by Crippen LogP contribution is -2.65. The number of likely N-dealkylation sites (N-methyl/N-ethyl adjacent to an activating group) is 1. The molecule has 1 saturated heterocycles. The molecule has 0 aromatic carbocycles. The quantitative estimate of drug-likeness (QED) is 0.844. The molecule has 0 radical (unpaired) electrons. The molecule has 2 fully saturated rings. The lowest BCUT2D eigenvalue weighted by atomic mass is 9.57. The molecule has 1 heterocycles. The van der Waals surface area contributed by atoms with Crippen LogP contribution in [0.2, 0.25) is 0 Å². The van der Waals surface area contributed by atoms with E-state index in [-0.39, 0.29) is 5.54 Å². The van der Waals surface area contributed by atoms with Crippen LogP contribution in [0.15, 0.2) is 0 Å². The minimum atomic E-state index is 0.209. The lowest BCUT2D eigenvalue weighted by Gasteiger charge is -2.58. The molecule has 3 heteroatoms. The van der Waals surface area contributed by atoms with Crippen LogP contribution in [0.1, 0.15) is 53.9 Å². The van der Waals surface area contributed by atoms with Gasteiger partial charge in [-0.05, 0) is 44.1 Å². The average molecular weight is 281 g/mol. The Morgan fingerprint density at radius 2 is 1.55 bits per heavy atom. The average Bonchev–Trinajstić information content (AvgIpc) is 2.28. The Labute approximate surface area is 125 Å². The third-order valence-electron chi connectivity index (χ3n) is 5.58. The number of rotatable bonds is 2. The van der Waals surface area contributed by atoms with Crippen LogP contribution in [0, 0.1) is 10.8 Å². The summed E-state index contributed by atoms with van der Waals surface area (Å²) in [4.78, 5) is 5.19. The molecule has 0 aromatic rings. The van der Waals surface area contributed by atoms with Gasteiger partial charge in [-0.2, -0.15) is 0 Å². The Morgan fingerprint density at radius 1 is 1.00 bits per heavy atom. The summed E-state index contributed by atoms with van der Waals surface area (Å²) in [6.07, 6.45) is 3.80. The van der Waals surface area contributed by atoms with Crippen molar-refractivity contribution in [2.75, 3.05) is 33.2 Å². The van der Waals surface area contributed by atoms with Crippen LogP contribution in [0.3, 0.4) is 0 Å². The standard InChI is InChI=1S/C17H35N3/c1-14-9-20(8-7-19(14)6)17(13-18)11-15(2,3)10-16(4,5)12-17/h14H,7-13,18H2,1-6H3. The fourth-order valence-electron chi connectivity index (χ4n) is 5.24. The van der Waals surface area contributed by atoms with Crippen molar-refractivity contribution >= 4 is 0 Å². The fourth-order valence-corrected chi connectivity index (χ4v) is 5.24. The van der Waals surface area contributed by atoms with Gasteiger partial charge in [0.1, 0.15) is 0 Å². The summed E-state index contributed by atoms with van der Waals surface area (Å²) in [6, 6.07) is 0.639. The van der Waals surface area contributed by atoms with E-state index >= 15 is 0 Å². The van der Waals surface area contributed by atoms with Crippen molar-refractivity contribution < 1.29 is 0 Å². The van der Waals surface area contributed by atoms with Gasteiger partial charge in [-0.3, -0.25) is 4.90 Å². The van der Waals surface area contributed by atoms with Gasteiger partial charge in [0.2, 0.25) is 0 Å². The Bertz CT molecular complexity index is 332. The van der Waals surface area contributed by atoms with E-state index in [2.05, 4.69) is 51.5 Å². The maximum absolute atomic E-state index is 6.34. The van der Waals surface area contributed by atoms with Crippen LogP contribution in [0.25, 0.3) is 0 Å². The number of hydrogen-bond acceptors (Lipinski definition) is 3. The summed E-state index contributed by atoms with van der Waals surface area (Å²) < 4.78 is 0.